The van der Waals surface area contributed by atoms with Crippen LogP contribution in [0.2, 0.25) is 0 Å². The molecule has 0 saturated carbocycles. The number of carbonyl (C=O) groups is 1. The fraction of sp³-hybridized carbons (Fsp3) is 0.562. The predicted octanol–water partition coefficient (Wildman–Crippen LogP) is 1.18. The van der Waals surface area contributed by atoms with Crippen molar-refractivity contribution in [2.45, 2.75) is 37.7 Å². The molecule has 2 aliphatic heterocycles. The highest BCUT2D eigenvalue weighted by Crippen LogP contribution is 2.43. The maximum atomic E-state index is 12.4. The lowest BCUT2D eigenvalue weighted by Gasteiger charge is -2.44. The highest BCUT2D eigenvalue weighted by molar-refractivity contribution is 7.10. The molecule has 4 heterocycles. The lowest BCUT2D eigenvalue weighted by Crippen LogP contribution is -2.48. The molecule has 1 amide bonds. The van der Waals surface area contributed by atoms with Gasteiger partial charge in [0.25, 0.3) is 0 Å². The normalized spacial score (nSPS) is 19.4. The summed E-state index contributed by atoms with van der Waals surface area (Å²) in [5.41, 5.74) is 0.802. The molecule has 2 aliphatic rings. The van der Waals surface area contributed by atoms with Crippen LogP contribution >= 0.6 is 11.3 Å². The number of piperidine rings is 1. The zero-order valence-electron chi connectivity index (χ0n) is 13.3. The third-order valence-corrected chi connectivity index (χ3v) is 5.97. The summed E-state index contributed by atoms with van der Waals surface area (Å²) in [6.45, 7) is 2.20. The highest BCUT2D eigenvalue weighted by Gasteiger charge is 2.42. The van der Waals surface area contributed by atoms with E-state index in [1.54, 1.807) is 0 Å². The molecule has 2 N–H and O–H groups in total. The molecular weight excluding hydrogens is 328 g/mol. The van der Waals surface area contributed by atoms with Crippen LogP contribution in [0.1, 0.15) is 35.5 Å². The minimum Gasteiger partial charge on any atom is -0.370 e. The smallest absolute Gasteiger partial charge is 0.340 e. The van der Waals surface area contributed by atoms with Crippen molar-refractivity contribution < 1.29 is 9.53 Å². The molecule has 2 aromatic heterocycles. The van der Waals surface area contributed by atoms with Gasteiger partial charge in [0.05, 0.1) is 12.2 Å². The van der Waals surface area contributed by atoms with Crippen LogP contribution in [-0.4, -0.2) is 45.7 Å². The number of hydrogen-bond donors (Lipinski definition) is 2. The van der Waals surface area contributed by atoms with Crippen molar-refractivity contribution in [1.29, 1.82) is 0 Å². The number of fused-ring (bicyclic) bond motifs is 2. The average molecular weight is 348 g/mol. The minimum atomic E-state index is -0.335. The molecule has 0 atom stereocenters. The highest BCUT2D eigenvalue weighted by atomic mass is 32.1. The van der Waals surface area contributed by atoms with Crippen LogP contribution < -0.4 is 5.69 Å². The summed E-state index contributed by atoms with van der Waals surface area (Å²) >= 11 is 1.81. The van der Waals surface area contributed by atoms with E-state index in [9.17, 15) is 9.59 Å². The van der Waals surface area contributed by atoms with Crippen molar-refractivity contribution in [3.63, 3.8) is 0 Å². The first kappa shape index (κ1) is 15.6. The number of aromatic amines is 2. The molecule has 7 nitrogen and oxygen atoms in total. The molecule has 1 fully saturated rings. The lowest BCUT2D eigenvalue weighted by atomic mass is 9.82. The maximum absolute atomic E-state index is 12.4. The van der Waals surface area contributed by atoms with Crippen LogP contribution in [0.4, 0.5) is 0 Å². The van der Waals surface area contributed by atoms with Crippen molar-refractivity contribution in [2.75, 3.05) is 19.7 Å². The monoisotopic (exact) mass is 348 g/mol. The van der Waals surface area contributed by atoms with E-state index in [1.165, 1.54) is 10.4 Å². The van der Waals surface area contributed by atoms with E-state index in [-0.39, 0.29) is 17.2 Å². The number of aryl methyl sites for hydroxylation is 1. The fourth-order valence-electron chi connectivity index (χ4n) is 3.70. The average Bonchev–Trinajstić information content (AvgIpc) is 3.23. The van der Waals surface area contributed by atoms with Gasteiger partial charge in [-0.3, -0.25) is 9.78 Å². The Balaban J connectivity index is 1.36. The summed E-state index contributed by atoms with van der Waals surface area (Å²) in [5.74, 6) is 0.635. The molecule has 2 aromatic rings. The quantitative estimate of drug-likeness (QED) is 0.871. The van der Waals surface area contributed by atoms with Gasteiger partial charge < -0.3 is 9.64 Å². The Bertz CT molecular complexity index is 785. The molecule has 128 valence electrons. The Labute approximate surface area is 143 Å². The second kappa shape index (κ2) is 6.18. The zero-order valence-corrected chi connectivity index (χ0v) is 14.2. The number of aromatic nitrogens is 3. The largest absolute Gasteiger partial charge is 0.370 e. The number of carbonyl (C=O) groups excluding carboxylic acids is 1. The van der Waals surface area contributed by atoms with Gasteiger partial charge in [0.15, 0.2) is 0 Å². The van der Waals surface area contributed by atoms with Crippen LogP contribution in [0.15, 0.2) is 16.2 Å². The van der Waals surface area contributed by atoms with Crippen molar-refractivity contribution in [3.05, 3.63) is 38.2 Å². The molecular formula is C16H20N4O3S. The Morgan fingerprint density at radius 2 is 2.25 bits per heavy atom. The number of hydrogen-bond acceptors (Lipinski definition) is 5. The number of ether oxygens (including phenoxy) is 1. The number of thiophene rings is 1. The summed E-state index contributed by atoms with van der Waals surface area (Å²) in [5, 5.41) is 8.30. The van der Waals surface area contributed by atoms with Gasteiger partial charge in [-0.1, -0.05) is 0 Å². The molecule has 24 heavy (non-hydrogen) atoms. The van der Waals surface area contributed by atoms with Crippen molar-refractivity contribution >= 4 is 17.2 Å². The number of nitrogens with one attached hydrogen (secondary N) is 2. The Hall–Kier alpha value is -1.93. The molecule has 0 bridgehead atoms. The van der Waals surface area contributed by atoms with Gasteiger partial charge in [0.2, 0.25) is 5.91 Å². The minimum absolute atomic E-state index is 0.107. The van der Waals surface area contributed by atoms with Crippen molar-refractivity contribution in [2.24, 2.45) is 0 Å². The Morgan fingerprint density at radius 1 is 1.42 bits per heavy atom. The van der Waals surface area contributed by atoms with Crippen molar-refractivity contribution in [3.8, 4) is 0 Å². The topological polar surface area (TPSA) is 91.1 Å². The van der Waals surface area contributed by atoms with Gasteiger partial charge in [-0.25, -0.2) is 9.89 Å². The lowest BCUT2D eigenvalue weighted by molar-refractivity contribution is -0.140. The van der Waals surface area contributed by atoms with E-state index in [2.05, 4.69) is 26.6 Å². The van der Waals surface area contributed by atoms with Gasteiger partial charge in [-0.2, -0.15) is 5.10 Å². The van der Waals surface area contributed by atoms with Crippen LogP contribution in [0, 0.1) is 0 Å². The summed E-state index contributed by atoms with van der Waals surface area (Å²) in [4.78, 5) is 29.3. The van der Waals surface area contributed by atoms with Crippen molar-refractivity contribution in [1.82, 2.24) is 20.1 Å². The zero-order chi connectivity index (χ0) is 16.6. The summed E-state index contributed by atoms with van der Waals surface area (Å²) in [6.07, 6.45) is 3.51. The second-order valence-electron chi connectivity index (χ2n) is 6.36. The van der Waals surface area contributed by atoms with Gasteiger partial charge >= 0.3 is 5.69 Å². The number of likely N-dealkylation sites (tertiary alicyclic amines) is 1. The third-order valence-electron chi connectivity index (χ3n) is 4.99. The van der Waals surface area contributed by atoms with Crippen LogP contribution in [0.3, 0.4) is 0 Å². The van der Waals surface area contributed by atoms with Crippen LogP contribution in [0.25, 0.3) is 0 Å². The molecule has 8 heteroatoms. The number of amides is 1. The number of H-pyrrole nitrogens is 2. The van der Waals surface area contributed by atoms with Gasteiger partial charge in [0, 0.05) is 37.2 Å². The Kier molecular flexibility index (Phi) is 4.01. The first-order valence-electron chi connectivity index (χ1n) is 8.28. The standard InChI is InChI=1S/C16H20N4O3S/c21-14(2-1-13-17-15(22)19-18-13)20-7-5-16(6-8-20)11-4-10-24-12(11)3-9-23-16/h4,10H,1-3,5-9H2,(H2,17,18,19,22). The first-order valence-corrected chi connectivity index (χ1v) is 9.16. The second-order valence-corrected chi connectivity index (χ2v) is 7.36. The Morgan fingerprint density at radius 3 is 3.00 bits per heavy atom. The van der Waals surface area contributed by atoms with E-state index in [1.807, 2.05) is 16.2 Å². The van der Waals surface area contributed by atoms with E-state index in [0.29, 0.717) is 31.8 Å². The summed E-state index contributed by atoms with van der Waals surface area (Å²) < 4.78 is 6.17. The van der Waals surface area contributed by atoms with Gasteiger partial charge in [-0.15, -0.1) is 11.3 Å². The van der Waals surface area contributed by atoms with Gasteiger partial charge in [0.1, 0.15) is 5.82 Å². The molecule has 0 unspecified atom stereocenters. The van der Waals surface area contributed by atoms with Crippen LogP contribution in [0.5, 0.6) is 0 Å². The van der Waals surface area contributed by atoms with E-state index < -0.39 is 0 Å². The third kappa shape index (κ3) is 2.80. The SMILES string of the molecule is O=C(CCc1n[nH]c(=O)[nH]1)N1CCC2(CC1)OCCc1sccc12. The summed E-state index contributed by atoms with van der Waals surface area (Å²) in [6, 6.07) is 2.19. The first-order chi connectivity index (χ1) is 11.7. The van der Waals surface area contributed by atoms with Crippen LogP contribution in [-0.2, 0) is 28.0 Å². The number of nitrogens with zero attached hydrogens (tertiary/aromatic N) is 2. The molecule has 0 aromatic carbocycles. The fourth-order valence-corrected chi connectivity index (χ4v) is 4.65. The molecule has 0 aliphatic carbocycles. The van der Waals surface area contributed by atoms with E-state index >= 15 is 0 Å². The summed E-state index contributed by atoms with van der Waals surface area (Å²) in [7, 11) is 0. The van der Waals surface area contributed by atoms with Gasteiger partial charge in [-0.05, 0) is 29.9 Å². The maximum Gasteiger partial charge on any atom is 0.340 e. The molecule has 1 spiro atoms. The molecule has 0 radical (unpaired) electrons. The number of rotatable bonds is 3. The van der Waals surface area contributed by atoms with E-state index in [0.717, 1.165) is 25.9 Å². The van der Waals surface area contributed by atoms with E-state index in [4.69, 9.17) is 4.74 Å². The molecule has 1 saturated heterocycles. The predicted molar refractivity (Wildman–Crippen MR) is 89.0 cm³/mol. The molecule has 4 rings (SSSR count).